The van der Waals surface area contributed by atoms with Crippen LogP contribution in [-0.4, -0.2) is 29.5 Å². The van der Waals surface area contributed by atoms with Crippen molar-refractivity contribution in [3.8, 4) is 0 Å². The molecule has 0 aromatic heterocycles. The van der Waals surface area contributed by atoms with E-state index in [0.29, 0.717) is 30.4 Å². The number of hydrogen-bond acceptors (Lipinski definition) is 5. The van der Waals surface area contributed by atoms with Crippen LogP contribution in [0.3, 0.4) is 0 Å². The van der Waals surface area contributed by atoms with Crippen LogP contribution in [-0.2, 0) is 20.0 Å². The molecule has 2 aromatic rings. The molecule has 0 spiro atoms. The zero-order chi connectivity index (χ0) is 20.1. The Morgan fingerprint density at radius 2 is 1.50 bits per heavy atom. The van der Waals surface area contributed by atoms with Crippen LogP contribution in [0.25, 0.3) is 0 Å². The third-order valence-electron chi connectivity index (χ3n) is 4.78. The minimum absolute atomic E-state index is 0.219. The number of esters is 1. The van der Waals surface area contributed by atoms with Gasteiger partial charge in [0.05, 0.1) is 17.7 Å². The molecule has 0 fully saturated rings. The van der Waals surface area contributed by atoms with E-state index in [2.05, 4.69) is 0 Å². The highest BCUT2D eigenvalue weighted by Gasteiger charge is 2.36. The Hall–Kier alpha value is -2.99. The SMILES string of the molecule is CC(=O)OC(C)(CCCCON1C(=O)c2ccccc2C1=O)c1ccccc1. The van der Waals surface area contributed by atoms with Gasteiger partial charge in [0.25, 0.3) is 11.8 Å². The second kappa shape index (κ2) is 8.35. The number of hydrogen-bond donors (Lipinski definition) is 0. The first kappa shape index (κ1) is 19.8. The molecule has 6 nitrogen and oxygen atoms in total. The van der Waals surface area contributed by atoms with E-state index in [-0.39, 0.29) is 12.6 Å². The predicted molar refractivity (Wildman–Crippen MR) is 102 cm³/mol. The number of imide groups is 1. The predicted octanol–water partition coefficient (Wildman–Crippen LogP) is 3.86. The van der Waals surface area contributed by atoms with Crippen LogP contribution in [0.1, 0.15) is 59.4 Å². The fraction of sp³-hybridized carbons (Fsp3) is 0.318. The van der Waals surface area contributed by atoms with Crippen LogP contribution < -0.4 is 0 Å². The second-order valence-corrected chi connectivity index (χ2v) is 6.93. The number of benzene rings is 2. The Morgan fingerprint density at radius 3 is 2.07 bits per heavy atom. The minimum atomic E-state index is -0.734. The normalized spacial score (nSPS) is 15.3. The summed E-state index contributed by atoms with van der Waals surface area (Å²) in [7, 11) is 0. The van der Waals surface area contributed by atoms with Gasteiger partial charge in [-0.3, -0.25) is 19.2 Å². The number of hydroxylamine groups is 2. The van der Waals surface area contributed by atoms with Crippen molar-refractivity contribution < 1.29 is 24.0 Å². The van der Waals surface area contributed by atoms with Crippen molar-refractivity contribution in [1.29, 1.82) is 0 Å². The monoisotopic (exact) mass is 381 g/mol. The van der Waals surface area contributed by atoms with Crippen molar-refractivity contribution in [2.75, 3.05) is 6.61 Å². The van der Waals surface area contributed by atoms with E-state index in [9.17, 15) is 14.4 Å². The Morgan fingerprint density at radius 1 is 0.929 bits per heavy atom. The third-order valence-corrected chi connectivity index (χ3v) is 4.78. The van der Waals surface area contributed by atoms with E-state index < -0.39 is 17.4 Å². The van der Waals surface area contributed by atoms with Crippen molar-refractivity contribution >= 4 is 17.8 Å². The first-order chi connectivity index (χ1) is 13.4. The van der Waals surface area contributed by atoms with Gasteiger partial charge < -0.3 is 4.74 Å². The van der Waals surface area contributed by atoms with E-state index in [4.69, 9.17) is 9.57 Å². The number of nitrogens with zero attached hydrogens (tertiary/aromatic N) is 1. The van der Waals surface area contributed by atoms with Gasteiger partial charge in [0, 0.05) is 6.92 Å². The number of unbranched alkanes of at least 4 members (excludes halogenated alkanes) is 1. The van der Waals surface area contributed by atoms with Gasteiger partial charge in [-0.1, -0.05) is 42.5 Å². The first-order valence-corrected chi connectivity index (χ1v) is 9.28. The number of carbonyl (C=O) groups is 3. The molecule has 0 N–H and O–H groups in total. The topological polar surface area (TPSA) is 72.9 Å². The maximum absolute atomic E-state index is 12.3. The van der Waals surface area contributed by atoms with Crippen LogP contribution in [0, 0.1) is 0 Å². The molecule has 2 aromatic carbocycles. The first-order valence-electron chi connectivity index (χ1n) is 9.28. The Balaban J connectivity index is 1.53. The van der Waals surface area contributed by atoms with Crippen molar-refractivity contribution in [2.24, 2.45) is 0 Å². The number of fused-ring (bicyclic) bond motifs is 1. The highest BCUT2D eigenvalue weighted by molar-refractivity contribution is 6.20. The molecule has 146 valence electrons. The quantitative estimate of drug-likeness (QED) is 0.394. The van der Waals surface area contributed by atoms with Gasteiger partial charge in [-0.15, -0.1) is 5.06 Å². The molecule has 0 aliphatic carbocycles. The van der Waals surface area contributed by atoms with Crippen molar-refractivity contribution in [2.45, 2.75) is 38.7 Å². The summed E-state index contributed by atoms with van der Waals surface area (Å²) in [6.07, 6.45) is 1.90. The molecule has 1 heterocycles. The molecule has 3 rings (SSSR count). The maximum Gasteiger partial charge on any atom is 0.303 e. The second-order valence-electron chi connectivity index (χ2n) is 6.93. The highest BCUT2D eigenvalue weighted by Crippen LogP contribution is 2.31. The zero-order valence-electron chi connectivity index (χ0n) is 16.0. The minimum Gasteiger partial charge on any atom is -0.455 e. The molecule has 1 aliphatic heterocycles. The molecule has 1 aliphatic rings. The maximum atomic E-state index is 12.3. The summed E-state index contributed by atoms with van der Waals surface area (Å²) in [6.45, 7) is 3.50. The summed E-state index contributed by atoms with van der Waals surface area (Å²) in [5.74, 6) is -1.21. The Kier molecular flexibility index (Phi) is 5.90. The van der Waals surface area contributed by atoms with Crippen LogP contribution in [0.4, 0.5) is 0 Å². The van der Waals surface area contributed by atoms with Gasteiger partial charge in [0.2, 0.25) is 0 Å². The van der Waals surface area contributed by atoms with E-state index in [1.807, 2.05) is 37.3 Å². The highest BCUT2D eigenvalue weighted by atomic mass is 16.7. The van der Waals surface area contributed by atoms with Crippen molar-refractivity contribution in [1.82, 2.24) is 5.06 Å². The summed E-state index contributed by atoms with van der Waals surface area (Å²) in [5, 5.41) is 0.827. The lowest BCUT2D eigenvalue weighted by Gasteiger charge is -2.30. The smallest absolute Gasteiger partial charge is 0.303 e. The summed E-state index contributed by atoms with van der Waals surface area (Å²) >= 11 is 0. The molecular weight excluding hydrogens is 358 g/mol. The van der Waals surface area contributed by atoms with E-state index in [0.717, 1.165) is 10.6 Å². The molecular formula is C22H23NO5. The number of ether oxygens (including phenoxy) is 1. The molecule has 0 saturated carbocycles. The van der Waals surface area contributed by atoms with Gasteiger partial charge >= 0.3 is 5.97 Å². The van der Waals surface area contributed by atoms with Crippen LogP contribution in [0.5, 0.6) is 0 Å². The van der Waals surface area contributed by atoms with Gasteiger partial charge in [0.1, 0.15) is 5.60 Å². The summed E-state index contributed by atoms with van der Waals surface area (Å²) in [5.41, 5.74) is 0.910. The third kappa shape index (κ3) is 4.12. The standard InChI is InChI=1S/C22H23NO5/c1-16(24)28-22(2,17-10-4-3-5-11-17)14-8-9-15-27-23-20(25)18-12-6-7-13-19(18)21(23)26/h3-7,10-13H,8-9,14-15H2,1-2H3. The van der Waals surface area contributed by atoms with Gasteiger partial charge in [-0.25, -0.2) is 0 Å². The number of carbonyl (C=O) groups excluding carboxylic acids is 3. The molecule has 6 heteroatoms. The molecule has 0 bridgehead atoms. The van der Waals surface area contributed by atoms with E-state index in [1.54, 1.807) is 24.3 Å². The summed E-state index contributed by atoms with van der Waals surface area (Å²) < 4.78 is 5.58. The lowest BCUT2D eigenvalue weighted by molar-refractivity contribution is -0.157. The Bertz CT molecular complexity index is 845. The lowest BCUT2D eigenvalue weighted by Crippen LogP contribution is -2.31. The number of rotatable bonds is 8. The molecule has 1 atom stereocenters. The largest absolute Gasteiger partial charge is 0.455 e. The molecule has 1 unspecified atom stereocenters. The lowest BCUT2D eigenvalue weighted by atomic mass is 9.90. The van der Waals surface area contributed by atoms with Gasteiger partial charge in [0.15, 0.2) is 0 Å². The van der Waals surface area contributed by atoms with Crippen molar-refractivity contribution in [3.63, 3.8) is 0 Å². The average molecular weight is 381 g/mol. The summed E-state index contributed by atoms with van der Waals surface area (Å²) in [6, 6.07) is 16.2. The molecule has 0 radical (unpaired) electrons. The Labute approximate surface area is 164 Å². The van der Waals surface area contributed by atoms with E-state index >= 15 is 0 Å². The number of amides is 2. The van der Waals surface area contributed by atoms with Gasteiger partial charge in [-0.05, 0) is 43.9 Å². The van der Waals surface area contributed by atoms with Crippen molar-refractivity contribution in [3.05, 3.63) is 71.3 Å². The average Bonchev–Trinajstić information content (AvgIpc) is 2.93. The van der Waals surface area contributed by atoms with Crippen LogP contribution in [0.2, 0.25) is 0 Å². The summed E-state index contributed by atoms with van der Waals surface area (Å²) in [4.78, 5) is 41.5. The zero-order valence-corrected chi connectivity index (χ0v) is 16.0. The fourth-order valence-corrected chi connectivity index (χ4v) is 3.37. The fourth-order valence-electron chi connectivity index (χ4n) is 3.37. The van der Waals surface area contributed by atoms with E-state index in [1.165, 1.54) is 6.92 Å². The molecule has 28 heavy (non-hydrogen) atoms. The van der Waals surface area contributed by atoms with Crippen LogP contribution >= 0.6 is 0 Å². The van der Waals surface area contributed by atoms with Crippen LogP contribution in [0.15, 0.2) is 54.6 Å². The molecule has 2 amide bonds. The van der Waals surface area contributed by atoms with Gasteiger partial charge in [-0.2, -0.15) is 0 Å². The molecule has 0 saturated heterocycles.